The monoisotopic (exact) mass is 403 g/mol. The van der Waals surface area contributed by atoms with Gasteiger partial charge in [-0.25, -0.2) is 0 Å². The van der Waals surface area contributed by atoms with Crippen LogP contribution in [0.15, 0.2) is 24.3 Å². The number of carbonyl (C=O) groups excluding carboxylic acids is 3. The highest BCUT2D eigenvalue weighted by Gasteiger charge is 2.47. The van der Waals surface area contributed by atoms with Crippen LogP contribution in [0, 0.1) is 11.8 Å². The largest absolute Gasteiger partial charge is 0.367 e. The number of benzene rings is 1. The van der Waals surface area contributed by atoms with Crippen LogP contribution in [0.25, 0.3) is 0 Å². The van der Waals surface area contributed by atoms with E-state index < -0.39 is 0 Å². The number of nitrogens with zero attached hydrogens (tertiary/aromatic N) is 3. The van der Waals surface area contributed by atoms with Gasteiger partial charge in [-0.1, -0.05) is 36.6 Å². The summed E-state index contributed by atoms with van der Waals surface area (Å²) in [4.78, 5) is 43.0. The third-order valence-electron chi connectivity index (χ3n) is 6.31. The van der Waals surface area contributed by atoms with Crippen molar-refractivity contribution in [2.75, 3.05) is 37.6 Å². The van der Waals surface area contributed by atoms with Crippen LogP contribution in [-0.4, -0.2) is 60.2 Å². The van der Waals surface area contributed by atoms with Gasteiger partial charge in [0, 0.05) is 39.1 Å². The molecule has 1 aromatic rings. The molecule has 7 heteroatoms. The third kappa shape index (κ3) is 3.62. The van der Waals surface area contributed by atoms with Crippen LogP contribution in [0.3, 0.4) is 0 Å². The molecule has 0 bridgehead atoms. The van der Waals surface area contributed by atoms with Crippen LogP contribution in [0.5, 0.6) is 0 Å². The average molecular weight is 404 g/mol. The van der Waals surface area contributed by atoms with Gasteiger partial charge in [0.25, 0.3) is 0 Å². The maximum absolute atomic E-state index is 12.6. The van der Waals surface area contributed by atoms with E-state index in [1.54, 1.807) is 0 Å². The Balaban J connectivity index is 1.29. The molecule has 0 N–H and O–H groups in total. The molecular weight excluding hydrogens is 378 g/mol. The fraction of sp³-hybridized carbons (Fsp3) is 0.571. The van der Waals surface area contributed by atoms with E-state index in [4.69, 9.17) is 11.6 Å². The van der Waals surface area contributed by atoms with Crippen molar-refractivity contribution in [1.82, 2.24) is 9.80 Å². The van der Waals surface area contributed by atoms with Crippen molar-refractivity contribution in [2.24, 2.45) is 11.8 Å². The predicted octanol–water partition coefficient (Wildman–Crippen LogP) is 2.55. The SMILES string of the molecule is O=C(CCN1C(=O)[C@H]2CCCC[C@@H]2C1=O)N1CCN(c2ccccc2Cl)CC1. The Bertz CT molecular complexity index is 752. The number of fused-ring (bicyclic) bond motifs is 1. The number of anilines is 1. The molecule has 150 valence electrons. The van der Waals surface area contributed by atoms with E-state index in [1.807, 2.05) is 29.2 Å². The summed E-state index contributed by atoms with van der Waals surface area (Å²) in [6.07, 6.45) is 3.86. The minimum Gasteiger partial charge on any atom is -0.367 e. The normalized spacial score (nSPS) is 25.2. The molecule has 6 nitrogen and oxygen atoms in total. The Morgan fingerprint density at radius 1 is 0.964 bits per heavy atom. The Kier molecular flexibility index (Phi) is 5.58. The standard InChI is InChI=1S/C21H26ClN3O3/c22-17-7-3-4-8-18(17)23-11-13-24(14-12-23)19(26)9-10-25-20(27)15-5-1-2-6-16(15)21(25)28/h3-4,7-8,15-16H,1-2,5-6,9-14H2/t15-,16-/m0/s1. The maximum Gasteiger partial charge on any atom is 0.233 e. The summed E-state index contributed by atoms with van der Waals surface area (Å²) in [5, 5.41) is 0.717. The van der Waals surface area contributed by atoms with Crippen molar-refractivity contribution >= 4 is 35.0 Å². The van der Waals surface area contributed by atoms with Gasteiger partial charge < -0.3 is 9.80 Å². The fourth-order valence-electron chi connectivity index (χ4n) is 4.72. The van der Waals surface area contributed by atoms with Gasteiger partial charge in [0.05, 0.1) is 22.5 Å². The smallest absolute Gasteiger partial charge is 0.233 e. The van der Waals surface area contributed by atoms with Crippen molar-refractivity contribution in [3.8, 4) is 0 Å². The van der Waals surface area contributed by atoms with E-state index in [0.29, 0.717) is 13.1 Å². The highest BCUT2D eigenvalue weighted by Crippen LogP contribution is 2.38. The summed E-state index contributed by atoms with van der Waals surface area (Å²) < 4.78 is 0. The number of imide groups is 1. The summed E-state index contributed by atoms with van der Waals surface area (Å²) >= 11 is 6.27. The molecule has 1 aromatic carbocycles. The van der Waals surface area contributed by atoms with Crippen molar-refractivity contribution in [1.29, 1.82) is 0 Å². The first-order valence-corrected chi connectivity index (χ1v) is 10.6. The molecular formula is C21H26ClN3O3. The average Bonchev–Trinajstić information content (AvgIpc) is 2.97. The Hall–Kier alpha value is -2.08. The Morgan fingerprint density at radius 3 is 2.18 bits per heavy atom. The molecule has 0 spiro atoms. The predicted molar refractivity (Wildman–Crippen MR) is 107 cm³/mol. The maximum atomic E-state index is 12.6. The molecule has 3 fully saturated rings. The zero-order valence-corrected chi connectivity index (χ0v) is 16.7. The van der Waals surface area contributed by atoms with E-state index in [-0.39, 0.29) is 42.5 Å². The van der Waals surface area contributed by atoms with Crippen LogP contribution in [0.4, 0.5) is 5.69 Å². The second kappa shape index (κ2) is 8.11. The fourth-order valence-corrected chi connectivity index (χ4v) is 4.98. The highest BCUT2D eigenvalue weighted by atomic mass is 35.5. The van der Waals surface area contributed by atoms with E-state index in [9.17, 15) is 14.4 Å². The molecule has 1 saturated carbocycles. The number of rotatable bonds is 4. The lowest BCUT2D eigenvalue weighted by Gasteiger charge is -2.36. The summed E-state index contributed by atoms with van der Waals surface area (Å²) in [5.74, 6) is -0.405. The van der Waals surface area contributed by atoms with Gasteiger partial charge in [-0.05, 0) is 25.0 Å². The first-order valence-electron chi connectivity index (χ1n) is 10.2. The van der Waals surface area contributed by atoms with Crippen LogP contribution in [-0.2, 0) is 14.4 Å². The summed E-state index contributed by atoms with van der Waals surface area (Å²) in [5.41, 5.74) is 0.993. The lowest BCUT2D eigenvalue weighted by molar-refractivity contribution is -0.140. The molecule has 28 heavy (non-hydrogen) atoms. The van der Waals surface area contributed by atoms with Gasteiger partial charge in [0.15, 0.2) is 0 Å². The second-order valence-electron chi connectivity index (χ2n) is 7.89. The quantitative estimate of drug-likeness (QED) is 0.725. The zero-order chi connectivity index (χ0) is 19.7. The van der Waals surface area contributed by atoms with Gasteiger partial charge in [0.1, 0.15) is 0 Å². The number of para-hydroxylation sites is 1. The number of piperazine rings is 1. The summed E-state index contributed by atoms with van der Waals surface area (Å²) in [6.45, 7) is 2.91. The lowest BCUT2D eigenvalue weighted by atomic mass is 9.81. The van der Waals surface area contributed by atoms with Crippen molar-refractivity contribution < 1.29 is 14.4 Å². The molecule has 1 aliphatic carbocycles. The Morgan fingerprint density at radius 2 is 1.57 bits per heavy atom. The van der Waals surface area contributed by atoms with Crippen molar-refractivity contribution in [3.63, 3.8) is 0 Å². The van der Waals surface area contributed by atoms with Crippen molar-refractivity contribution in [2.45, 2.75) is 32.1 Å². The van der Waals surface area contributed by atoms with Crippen molar-refractivity contribution in [3.05, 3.63) is 29.3 Å². The topological polar surface area (TPSA) is 60.9 Å². The summed E-state index contributed by atoms with van der Waals surface area (Å²) in [7, 11) is 0. The second-order valence-corrected chi connectivity index (χ2v) is 8.30. The van der Waals surface area contributed by atoms with Crippen LogP contribution >= 0.6 is 11.6 Å². The Labute approximate surface area is 170 Å². The molecule has 2 heterocycles. The molecule has 2 saturated heterocycles. The van der Waals surface area contributed by atoms with E-state index in [0.717, 1.165) is 49.5 Å². The van der Waals surface area contributed by atoms with Crippen LogP contribution < -0.4 is 4.90 Å². The van der Waals surface area contributed by atoms with Gasteiger partial charge in [-0.2, -0.15) is 0 Å². The molecule has 2 aliphatic heterocycles. The van der Waals surface area contributed by atoms with Gasteiger partial charge in [0.2, 0.25) is 17.7 Å². The van der Waals surface area contributed by atoms with E-state index >= 15 is 0 Å². The number of hydrogen-bond acceptors (Lipinski definition) is 4. The number of hydrogen-bond donors (Lipinski definition) is 0. The first-order chi connectivity index (χ1) is 13.6. The van der Waals surface area contributed by atoms with E-state index in [1.165, 1.54) is 4.90 Å². The van der Waals surface area contributed by atoms with Gasteiger partial charge in [-0.3, -0.25) is 19.3 Å². The van der Waals surface area contributed by atoms with E-state index in [2.05, 4.69) is 4.90 Å². The van der Waals surface area contributed by atoms with Crippen LogP contribution in [0.1, 0.15) is 32.1 Å². The third-order valence-corrected chi connectivity index (χ3v) is 6.63. The highest BCUT2D eigenvalue weighted by molar-refractivity contribution is 6.33. The number of carbonyl (C=O) groups is 3. The van der Waals surface area contributed by atoms with Crippen LogP contribution in [0.2, 0.25) is 5.02 Å². The van der Waals surface area contributed by atoms with Gasteiger partial charge in [-0.15, -0.1) is 0 Å². The molecule has 2 atom stereocenters. The first kappa shape index (κ1) is 19.2. The summed E-state index contributed by atoms with van der Waals surface area (Å²) in [6, 6.07) is 7.73. The molecule has 3 aliphatic rings. The van der Waals surface area contributed by atoms with Gasteiger partial charge >= 0.3 is 0 Å². The number of halogens is 1. The minimum atomic E-state index is -0.143. The lowest BCUT2D eigenvalue weighted by Crippen LogP contribution is -2.49. The molecule has 0 unspecified atom stereocenters. The zero-order valence-electron chi connectivity index (χ0n) is 16.0. The molecule has 0 radical (unpaired) electrons. The molecule has 0 aromatic heterocycles. The number of amides is 3. The molecule has 3 amide bonds. The molecule has 4 rings (SSSR count). The number of likely N-dealkylation sites (tertiary alicyclic amines) is 1. The minimum absolute atomic E-state index is 0.00859.